The van der Waals surface area contributed by atoms with Crippen molar-refractivity contribution in [2.24, 2.45) is 0 Å². The minimum atomic E-state index is -0.766. The van der Waals surface area contributed by atoms with Gasteiger partial charge in [-0.15, -0.1) is 0 Å². The fourth-order valence-corrected chi connectivity index (χ4v) is 7.02. The Morgan fingerprint density at radius 3 is 1.04 bits per heavy atom. The van der Waals surface area contributed by atoms with Crippen LogP contribution in [0, 0.1) is 0 Å². The first kappa shape index (κ1) is 50.6. The summed E-state index contributed by atoms with van der Waals surface area (Å²) in [5.74, 6) is -0.577. The zero-order valence-corrected chi connectivity index (χ0v) is 35.1. The number of unbranched alkanes of at least 4 members (excludes halogenated alkanes) is 33. The number of allylic oxidation sites excluding steroid dienone is 2. The largest absolute Gasteiger partial charge is 0.462 e. The molecule has 308 valence electrons. The molecular weight excluding hydrogens is 645 g/mol. The Labute approximate surface area is 324 Å². The van der Waals surface area contributed by atoms with E-state index in [0.717, 1.165) is 32.1 Å². The van der Waals surface area contributed by atoms with Gasteiger partial charge in [-0.05, 0) is 38.5 Å². The quantitative estimate of drug-likeness (QED) is 0.0383. The molecule has 5 nitrogen and oxygen atoms in total. The van der Waals surface area contributed by atoms with Crippen molar-refractivity contribution in [3.63, 3.8) is 0 Å². The monoisotopic (exact) mass is 735 g/mol. The third-order valence-electron chi connectivity index (χ3n) is 10.6. The van der Waals surface area contributed by atoms with E-state index in [4.69, 9.17) is 9.47 Å². The molecule has 0 radical (unpaired) electrons. The molecule has 0 saturated heterocycles. The molecule has 0 fully saturated rings. The van der Waals surface area contributed by atoms with Crippen molar-refractivity contribution in [3.05, 3.63) is 12.2 Å². The highest BCUT2D eigenvalue weighted by molar-refractivity contribution is 5.70. The molecule has 0 saturated carbocycles. The molecule has 0 rings (SSSR count). The molecule has 0 aromatic rings. The van der Waals surface area contributed by atoms with Crippen molar-refractivity contribution >= 4 is 11.9 Å². The fraction of sp³-hybridized carbons (Fsp3) is 0.915. The first-order chi connectivity index (χ1) is 25.6. The fourth-order valence-electron chi connectivity index (χ4n) is 7.02. The Morgan fingerprint density at radius 2 is 0.712 bits per heavy atom. The highest BCUT2D eigenvalue weighted by Crippen LogP contribution is 2.16. The van der Waals surface area contributed by atoms with Gasteiger partial charge in [0.1, 0.15) is 6.61 Å². The summed E-state index contributed by atoms with van der Waals surface area (Å²) in [4.78, 5) is 24.4. The van der Waals surface area contributed by atoms with Gasteiger partial charge in [-0.25, -0.2) is 0 Å². The molecule has 0 spiro atoms. The maximum atomic E-state index is 12.2. The van der Waals surface area contributed by atoms with Gasteiger partial charge in [0.2, 0.25) is 0 Å². The zero-order valence-electron chi connectivity index (χ0n) is 35.1. The van der Waals surface area contributed by atoms with E-state index in [1.54, 1.807) is 0 Å². The molecule has 0 amide bonds. The Morgan fingerprint density at radius 1 is 0.423 bits per heavy atom. The summed E-state index contributed by atoms with van der Waals surface area (Å²) in [5, 5.41) is 9.59. The minimum absolute atomic E-state index is 0.0599. The van der Waals surface area contributed by atoms with E-state index in [1.165, 1.54) is 199 Å². The van der Waals surface area contributed by atoms with Crippen LogP contribution in [-0.2, 0) is 19.1 Å². The van der Waals surface area contributed by atoms with Gasteiger partial charge in [0.15, 0.2) is 6.10 Å². The number of hydrogen-bond acceptors (Lipinski definition) is 5. The molecular formula is C47H90O5. The van der Waals surface area contributed by atoms with Gasteiger partial charge in [-0.1, -0.05) is 219 Å². The number of aliphatic hydroxyl groups is 1. The molecule has 0 aliphatic rings. The molecule has 0 heterocycles. The summed E-state index contributed by atoms with van der Waals surface area (Å²) in [6.07, 6.45) is 51.5. The van der Waals surface area contributed by atoms with E-state index in [9.17, 15) is 14.7 Å². The molecule has 0 aromatic carbocycles. The van der Waals surface area contributed by atoms with Crippen molar-refractivity contribution in [2.45, 2.75) is 264 Å². The van der Waals surface area contributed by atoms with E-state index in [-0.39, 0.29) is 25.2 Å². The maximum Gasteiger partial charge on any atom is 0.306 e. The Hall–Kier alpha value is -1.36. The van der Waals surface area contributed by atoms with Crippen LogP contribution in [0.4, 0.5) is 0 Å². The average molecular weight is 735 g/mol. The van der Waals surface area contributed by atoms with Gasteiger partial charge < -0.3 is 14.6 Å². The van der Waals surface area contributed by atoms with Crippen LogP contribution in [0.15, 0.2) is 12.2 Å². The lowest BCUT2D eigenvalue weighted by Gasteiger charge is -2.15. The van der Waals surface area contributed by atoms with E-state index in [1.807, 2.05) is 0 Å². The van der Waals surface area contributed by atoms with Crippen LogP contribution in [0.3, 0.4) is 0 Å². The molecule has 5 heteroatoms. The zero-order chi connectivity index (χ0) is 37.8. The van der Waals surface area contributed by atoms with Gasteiger partial charge in [0.25, 0.3) is 0 Å². The number of carbonyl (C=O) groups excluding carboxylic acids is 2. The first-order valence-corrected chi connectivity index (χ1v) is 23.2. The van der Waals surface area contributed by atoms with E-state index in [2.05, 4.69) is 26.0 Å². The second kappa shape index (κ2) is 44.0. The molecule has 1 unspecified atom stereocenters. The van der Waals surface area contributed by atoms with Gasteiger partial charge in [0.05, 0.1) is 6.61 Å². The molecule has 1 atom stereocenters. The number of carbonyl (C=O) groups is 2. The maximum absolute atomic E-state index is 12.2. The second-order valence-electron chi connectivity index (χ2n) is 15.8. The van der Waals surface area contributed by atoms with Crippen LogP contribution in [-0.4, -0.2) is 36.4 Å². The molecule has 0 aliphatic heterocycles. The Kier molecular flexibility index (Phi) is 42.9. The smallest absolute Gasteiger partial charge is 0.306 e. The lowest BCUT2D eigenvalue weighted by atomic mass is 10.0. The van der Waals surface area contributed by atoms with E-state index >= 15 is 0 Å². The van der Waals surface area contributed by atoms with Crippen LogP contribution >= 0.6 is 0 Å². The van der Waals surface area contributed by atoms with E-state index < -0.39 is 6.10 Å². The number of hydrogen-bond donors (Lipinski definition) is 1. The summed E-state index contributed by atoms with van der Waals surface area (Å²) in [6, 6.07) is 0. The summed E-state index contributed by atoms with van der Waals surface area (Å²) >= 11 is 0. The Balaban J connectivity index is 3.47. The summed E-state index contributed by atoms with van der Waals surface area (Å²) < 4.78 is 10.7. The first-order valence-electron chi connectivity index (χ1n) is 23.2. The predicted octanol–water partition coefficient (Wildman–Crippen LogP) is 14.9. The van der Waals surface area contributed by atoms with Gasteiger partial charge in [-0.2, -0.15) is 0 Å². The minimum Gasteiger partial charge on any atom is -0.462 e. The van der Waals surface area contributed by atoms with Gasteiger partial charge in [-0.3, -0.25) is 9.59 Å². The molecule has 0 aromatic heterocycles. The normalized spacial score (nSPS) is 12.1. The highest BCUT2D eigenvalue weighted by atomic mass is 16.6. The molecule has 52 heavy (non-hydrogen) atoms. The summed E-state index contributed by atoms with van der Waals surface area (Å²) in [7, 11) is 0. The van der Waals surface area contributed by atoms with E-state index in [0.29, 0.717) is 12.8 Å². The van der Waals surface area contributed by atoms with Crippen LogP contribution in [0.5, 0.6) is 0 Å². The number of ether oxygens (including phenoxy) is 2. The number of esters is 2. The van der Waals surface area contributed by atoms with Gasteiger partial charge in [0, 0.05) is 12.8 Å². The van der Waals surface area contributed by atoms with Crippen LogP contribution < -0.4 is 0 Å². The number of rotatable bonds is 43. The summed E-state index contributed by atoms with van der Waals surface area (Å²) in [6.45, 7) is 4.17. The molecule has 1 N–H and O–H groups in total. The predicted molar refractivity (Wildman–Crippen MR) is 224 cm³/mol. The lowest BCUT2D eigenvalue weighted by molar-refractivity contribution is -0.161. The highest BCUT2D eigenvalue weighted by Gasteiger charge is 2.16. The molecule has 0 bridgehead atoms. The topological polar surface area (TPSA) is 72.8 Å². The third-order valence-corrected chi connectivity index (χ3v) is 10.6. The van der Waals surface area contributed by atoms with Crippen LogP contribution in [0.1, 0.15) is 258 Å². The molecule has 0 aliphatic carbocycles. The SMILES string of the molecule is CCCCCCCCCC/C=C\CCCCCCCCCCCC(=O)OC(CO)COC(=O)CCCCCCCCCCCCCCCCCCC. The lowest BCUT2D eigenvalue weighted by Crippen LogP contribution is -2.28. The second-order valence-corrected chi connectivity index (χ2v) is 15.8. The number of aliphatic hydroxyl groups excluding tert-OH is 1. The third kappa shape index (κ3) is 41.4. The van der Waals surface area contributed by atoms with Crippen LogP contribution in [0.25, 0.3) is 0 Å². The van der Waals surface area contributed by atoms with Gasteiger partial charge >= 0.3 is 11.9 Å². The van der Waals surface area contributed by atoms with Crippen molar-refractivity contribution < 1.29 is 24.2 Å². The van der Waals surface area contributed by atoms with Crippen molar-refractivity contribution in [2.75, 3.05) is 13.2 Å². The van der Waals surface area contributed by atoms with Crippen molar-refractivity contribution in [1.29, 1.82) is 0 Å². The summed E-state index contributed by atoms with van der Waals surface area (Å²) in [5.41, 5.74) is 0. The standard InChI is InChI=1S/C47H90O5/c1-3-5-7-9-11-13-15-17-19-21-22-23-24-26-28-30-32-34-36-38-40-42-47(50)52-45(43-48)44-51-46(49)41-39-37-35-33-31-29-27-25-20-18-16-14-12-10-8-6-4-2/h21-22,45,48H,3-20,23-44H2,1-2H3/b22-21-. The van der Waals surface area contributed by atoms with Crippen molar-refractivity contribution in [3.8, 4) is 0 Å². The van der Waals surface area contributed by atoms with Crippen molar-refractivity contribution in [1.82, 2.24) is 0 Å². The van der Waals surface area contributed by atoms with Crippen LogP contribution in [0.2, 0.25) is 0 Å². The average Bonchev–Trinajstić information content (AvgIpc) is 3.15. The Bertz CT molecular complexity index is 750.